The van der Waals surface area contributed by atoms with Gasteiger partial charge in [-0.15, -0.1) is 0 Å². The van der Waals surface area contributed by atoms with Crippen LogP contribution in [0.5, 0.6) is 0 Å². The molecule has 0 fully saturated rings. The van der Waals surface area contributed by atoms with Crippen molar-refractivity contribution in [2.45, 2.75) is 33.6 Å². The molecule has 0 aromatic carbocycles. The van der Waals surface area contributed by atoms with Crippen molar-refractivity contribution in [3.8, 4) is 0 Å². The summed E-state index contributed by atoms with van der Waals surface area (Å²) in [4.78, 5) is 31.0. The molecule has 6 heteroatoms. The van der Waals surface area contributed by atoms with Gasteiger partial charge in [-0.2, -0.15) is 0 Å². The zero-order chi connectivity index (χ0) is 14.6. The molecule has 1 rings (SSSR count). The van der Waals surface area contributed by atoms with Gasteiger partial charge in [-0.3, -0.25) is 9.59 Å². The Morgan fingerprint density at radius 1 is 1.37 bits per heavy atom. The van der Waals surface area contributed by atoms with Crippen molar-refractivity contribution >= 4 is 11.9 Å². The van der Waals surface area contributed by atoms with Gasteiger partial charge in [-0.25, -0.2) is 9.97 Å². The highest BCUT2D eigenvalue weighted by atomic mass is 16.4. The SMILES string of the molecule is Cc1ncc(C(=O)NCC(C)C(=O)O)c(C(C)C)n1. The van der Waals surface area contributed by atoms with Gasteiger partial charge in [0.25, 0.3) is 5.91 Å². The molecule has 0 aliphatic heterocycles. The quantitative estimate of drug-likeness (QED) is 0.838. The van der Waals surface area contributed by atoms with Crippen LogP contribution >= 0.6 is 0 Å². The van der Waals surface area contributed by atoms with Gasteiger partial charge in [0.05, 0.1) is 17.2 Å². The Hall–Kier alpha value is -1.98. The van der Waals surface area contributed by atoms with Gasteiger partial charge in [-0.05, 0) is 12.8 Å². The third kappa shape index (κ3) is 4.01. The summed E-state index contributed by atoms with van der Waals surface area (Å²) in [6.45, 7) is 7.27. The Kier molecular flexibility index (Phi) is 4.97. The van der Waals surface area contributed by atoms with Gasteiger partial charge in [0.15, 0.2) is 0 Å². The molecule has 0 aliphatic rings. The summed E-state index contributed by atoms with van der Waals surface area (Å²) in [7, 11) is 0. The minimum Gasteiger partial charge on any atom is -0.481 e. The number of amides is 1. The fourth-order valence-corrected chi connectivity index (χ4v) is 1.53. The second-order valence-corrected chi connectivity index (χ2v) is 4.82. The van der Waals surface area contributed by atoms with E-state index in [9.17, 15) is 9.59 Å². The van der Waals surface area contributed by atoms with E-state index in [1.807, 2.05) is 13.8 Å². The van der Waals surface area contributed by atoms with Crippen molar-refractivity contribution in [1.82, 2.24) is 15.3 Å². The number of carboxylic acids is 1. The second-order valence-electron chi connectivity index (χ2n) is 4.82. The van der Waals surface area contributed by atoms with Crippen LogP contribution < -0.4 is 5.32 Å². The van der Waals surface area contributed by atoms with Crippen molar-refractivity contribution in [2.75, 3.05) is 6.54 Å². The number of carboxylic acid groups (broad SMARTS) is 1. The Bertz CT molecular complexity index is 486. The number of carbonyl (C=O) groups excluding carboxylic acids is 1. The van der Waals surface area contributed by atoms with Crippen LogP contribution in [0.25, 0.3) is 0 Å². The summed E-state index contributed by atoms with van der Waals surface area (Å²) in [5.41, 5.74) is 1.08. The summed E-state index contributed by atoms with van der Waals surface area (Å²) < 4.78 is 0. The van der Waals surface area contributed by atoms with Crippen LogP contribution in [0.4, 0.5) is 0 Å². The molecular weight excluding hydrogens is 246 g/mol. The van der Waals surface area contributed by atoms with E-state index in [1.165, 1.54) is 13.1 Å². The summed E-state index contributed by atoms with van der Waals surface area (Å²) >= 11 is 0. The maximum atomic E-state index is 12.0. The maximum absolute atomic E-state index is 12.0. The van der Waals surface area contributed by atoms with Crippen LogP contribution in [0.15, 0.2) is 6.20 Å². The van der Waals surface area contributed by atoms with Gasteiger partial charge < -0.3 is 10.4 Å². The Labute approximate surface area is 112 Å². The molecule has 1 atom stereocenters. The van der Waals surface area contributed by atoms with Gasteiger partial charge >= 0.3 is 5.97 Å². The molecule has 0 bridgehead atoms. The van der Waals surface area contributed by atoms with Crippen LogP contribution in [0.2, 0.25) is 0 Å². The number of hydrogen-bond donors (Lipinski definition) is 2. The van der Waals surface area contributed by atoms with E-state index in [2.05, 4.69) is 15.3 Å². The fourth-order valence-electron chi connectivity index (χ4n) is 1.53. The molecule has 19 heavy (non-hydrogen) atoms. The monoisotopic (exact) mass is 265 g/mol. The van der Waals surface area contributed by atoms with E-state index in [0.717, 1.165) is 0 Å². The molecule has 0 saturated heterocycles. The predicted molar refractivity (Wildman–Crippen MR) is 70.0 cm³/mol. The largest absolute Gasteiger partial charge is 0.481 e. The highest BCUT2D eigenvalue weighted by molar-refractivity contribution is 5.95. The summed E-state index contributed by atoms with van der Waals surface area (Å²) in [6.07, 6.45) is 1.48. The van der Waals surface area contributed by atoms with Gasteiger partial charge in [0, 0.05) is 12.7 Å². The van der Waals surface area contributed by atoms with Crippen LogP contribution in [0.3, 0.4) is 0 Å². The van der Waals surface area contributed by atoms with Crippen molar-refractivity contribution in [3.05, 3.63) is 23.3 Å². The maximum Gasteiger partial charge on any atom is 0.308 e. The van der Waals surface area contributed by atoms with Gasteiger partial charge in [0.2, 0.25) is 0 Å². The first-order valence-corrected chi connectivity index (χ1v) is 6.17. The van der Waals surface area contributed by atoms with Crippen LogP contribution in [-0.4, -0.2) is 33.5 Å². The highest BCUT2D eigenvalue weighted by Gasteiger charge is 2.18. The molecule has 1 heterocycles. The molecule has 2 N–H and O–H groups in total. The predicted octanol–water partition coefficient (Wildman–Crippen LogP) is 1.36. The lowest BCUT2D eigenvalue weighted by atomic mass is 10.0. The number of aliphatic carboxylic acids is 1. The smallest absolute Gasteiger partial charge is 0.308 e. The molecule has 1 unspecified atom stereocenters. The molecule has 0 radical (unpaired) electrons. The van der Waals surface area contributed by atoms with Crippen molar-refractivity contribution in [2.24, 2.45) is 5.92 Å². The minimum atomic E-state index is -0.940. The van der Waals surface area contributed by atoms with Crippen LogP contribution in [0, 0.1) is 12.8 Å². The van der Waals surface area contributed by atoms with Crippen molar-refractivity contribution < 1.29 is 14.7 Å². The van der Waals surface area contributed by atoms with Crippen molar-refractivity contribution in [1.29, 1.82) is 0 Å². The molecule has 0 saturated carbocycles. The van der Waals surface area contributed by atoms with E-state index in [1.54, 1.807) is 6.92 Å². The standard InChI is InChI=1S/C13H19N3O3/c1-7(2)11-10(6-14-9(4)16-11)12(17)15-5-8(3)13(18)19/h6-8H,5H2,1-4H3,(H,15,17)(H,18,19). The third-order valence-corrected chi connectivity index (χ3v) is 2.72. The third-order valence-electron chi connectivity index (χ3n) is 2.72. The number of hydrogen-bond acceptors (Lipinski definition) is 4. The van der Waals surface area contributed by atoms with Crippen LogP contribution in [-0.2, 0) is 4.79 Å². The first kappa shape index (κ1) is 15.1. The van der Waals surface area contributed by atoms with E-state index < -0.39 is 11.9 Å². The molecule has 6 nitrogen and oxygen atoms in total. The lowest BCUT2D eigenvalue weighted by molar-refractivity contribution is -0.140. The molecular formula is C13H19N3O3. The molecule has 104 valence electrons. The average Bonchev–Trinajstić information content (AvgIpc) is 2.35. The fraction of sp³-hybridized carbons (Fsp3) is 0.538. The molecule has 0 spiro atoms. The van der Waals surface area contributed by atoms with E-state index in [4.69, 9.17) is 5.11 Å². The first-order valence-electron chi connectivity index (χ1n) is 6.17. The Balaban J connectivity index is 2.85. The lowest BCUT2D eigenvalue weighted by Crippen LogP contribution is -2.32. The second kappa shape index (κ2) is 6.26. The molecule has 1 aromatic heterocycles. The van der Waals surface area contributed by atoms with E-state index in [-0.39, 0.29) is 18.4 Å². The van der Waals surface area contributed by atoms with Crippen LogP contribution in [0.1, 0.15) is 48.6 Å². The number of aromatic nitrogens is 2. The topological polar surface area (TPSA) is 92.2 Å². The summed E-state index contributed by atoms with van der Waals surface area (Å²) in [5.74, 6) is -1.20. The van der Waals surface area contributed by atoms with Gasteiger partial charge in [0.1, 0.15) is 5.82 Å². The average molecular weight is 265 g/mol. The zero-order valence-electron chi connectivity index (χ0n) is 11.6. The molecule has 1 amide bonds. The highest BCUT2D eigenvalue weighted by Crippen LogP contribution is 2.16. The first-order chi connectivity index (χ1) is 8.82. The van der Waals surface area contributed by atoms with E-state index in [0.29, 0.717) is 17.1 Å². The summed E-state index contributed by atoms with van der Waals surface area (Å²) in [6, 6.07) is 0. The van der Waals surface area contributed by atoms with Crippen molar-refractivity contribution in [3.63, 3.8) is 0 Å². The Morgan fingerprint density at radius 2 is 2.00 bits per heavy atom. The molecule has 0 aliphatic carbocycles. The number of nitrogens with one attached hydrogen (secondary N) is 1. The minimum absolute atomic E-state index is 0.0829. The number of aryl methyl sites for hydroxylation is 1. The Morgan fingerprint density at radius 3 is 2.53 bits per heavy atom. The molecule has 1 aromatic rings. The lowest BCUT2D eigenvalue weighted by Gasteiger charge is -2.13. The summed E-state index contributed by atoms with van der Waals surface area (Å²) in [5, 5.41) is 11.4. The number of nitrogens with zero attached hydrogens (tertiary/aromatic N) is 2. The zero-order valence-corrected chi connectivity index (χ0v) is 11.6. The normalized spacial score (nSPS) is 12.3. The van der Waals surface area contributed by atoms with Gasteiger partial charge in [-0.1, -0.05) is 20.8 Å². The number of carbonyl (C=O) groups is 2. The van der Waals surface area contributed by atoms with E-state index >= 15 is 0 Å². The number of rotatable bonds is 5.